The van der Waals surface area contributed by atoms with Crippen LogP contribution in [0, 0.1) is 18.8 Å². The van der Waals surface area contributed by atoms with Crippen molar-refractivity contribution in [2.75, 3.05) is 13.6 Å². The summed E-state index contributed by atoms with van der Waals surface area (Å²) in [6, 6.07) is 14.6. The number of carbonyl (C=O) groups excluding carboxylic acids is 1. The number of hydrogen-bond acceptors (Lipinski definition) is 4. The number of aryl methyl sites for hydroxylation is 1. The quantitative estimate of drug-likeness (QED) is 0.574. The highest BCUT2D eigenvalue weighted by atomic mass is 32.2. The van der Waals surface area contributed by atoms with E-state index in [0.717, 1.165) is 35.9 Å². The van der Waals surface area contributed by atoms with Crippen molar-refractivity contribution in [3.63, 3.8) is 0 Å². The molecule has 0 amide bonds. The summed E-state index contributed by atoms with van der Waals surface area (Å²) in [6.07, 6.45) is 3.50. The molecule has 4 rings (SSSR count). The smallest absolute Gasteiger partial charge is 0.268 e. The van der Waals surface area contributed by atoms with E-state index in [0.29, 0.717) is 5.52 Å². The Morgan fingerprint density at radius 3 is 2.42 bits per heavy atom. The van der Waals surface area contributed by atoms with Crippen molar-refractivity contribution in [2.24, 2.45) is 11.8 Å². The van der Waals surface area contributed by atoms with Crippen LogP contribution in [0.1, 0.15) is 43.9 Å². The third kappa shape index (κ3) is 3.72. The van der Waals surface area contributed by atoms with Gasteiger partial charge >= 0.3 is 0 Å². The molecular weight excluding hydrogens is 408 g/mol. The molecule has 0 saturated carbocycles. The monoisotopic (exact) mass is 438 g/mol. The van der Waals surface area contributed by atoms with Crippen molar-refractivity contribution in [3.05, 3.63) is 65.9 Å². The van der Waals surface area contributed by atoms with Crippen LogP contribution in [0.15, 0.2) is 59.6 Å². The van der Waals surface area contributed by atoms with Crippen LogP contribution < -0.4 is 0 Å². The molecule has 5 nitrogen and oxygen atoms in total. The van der Waals surface area contributed by atoms with Crippen molar-refractivity contribution in [2.45, 2.75) is 44.6 Å². The first-order chi connectivity index (χ1) is 14.8. The molecular formula is C25H30N2O3S. The van der Waals surface area contributed by atoms with Gasteiger partial charge in [-0.15, -0.1) is 0 Å². The molecule has 1 aliphatic rings. The van der Waals surface area contributed by atoms with E-state index >= 15 is 0 Å². The number of piperidine rings is 1. The lowest BCUT2D eigenvalue weighted by Crippen LogP contribution is -2.43. The third-order valence-electron chi connectivity index (χ3n) is 6.79. The fraction of sp³-hybridized carbons (Fsp3) is 0.400. The van der Waals surface area contributed by atoms with Gasteiger partial charge in [0.1, 0.15) is 5.78 Å². The molecule has 2 heterocycles. The van der Waals surface area contributed by atoms with Gasteiger partial charge in [0.2, 0.25) is 0 Å². The van der Waals surface area contributed by atoms with Crippen LogP contribution in [0.4, 0.5) is 0 Å². The van der Waals surface area contributed by atoms with Gasteiger partial charge in [0.05, 0.1) is 10.4 Å². The van der Waals surface area contributed by atoms with E-state index in [-0.39, 0.29) is 28.6 Å². The summed E-state index contributed by atoms with van der Waals surface area (Å²) >= 11 is 0. The van der Waals surface area contributed by atoms with E-state index in [1.807, 2.05) is 43.3 Å². The number of aromatic nitrogens is 1. The van der Waals surface area contributed by atoms with Crippen molar-refractivity contribution < 1.29 is 13.2 Å². The molecule has 0 spiro atoms. The lowest BCUT2D eigenvalue weighted by molar-refractivity contribution is -0.125. The van der Waals surface area contributed by atoms with E-state index < -0.39 is 10.0 Å². The minimum atomic E-state index is -3.74. The average Bonchev–Trinajstić information content (AvgIpc) is 3.13. The SMILES string of the molecule is CC[C@@H]1[C@@H](c2cn(S(=O)(=O)c3ccc(C)cc3)c3ccccc23)N(C)CC[C@H]1C(C)=O. The Morgan fingerprint density at radius 2 is 1.77 bits per heavy atom. The van der Waals surface area contributed by atoms with E-state index in [1.165, 1.54) is 3.97 Å². The van der Waals surface area contributed by atoms with Crippen LogP contribution in [0.2, 0.25) is 0 Å². The number of ketones is 1. The number of benzene rings is 2. The van der Waals surface area contributed by atoms with Gasteiger partial charge in [-0.2, -0.15) is 0 Å². The topological polar surface area (TPSA) is 59.4 Å². The van der Waals surface area contributed by atoms with Gasteiger partial charge in [0.25, 0.3) is 10.0 Å². The van der Waals surface area contributed by atoms with Gasteiger partial charge in [0.15, 0.2) is 0 Å². The highest BCUT2D eigenvalue weighted by molar-refractivity contribution is 7.90. The molecule has 0 aliphatic carbocycles. The number of fused-ring (bicyclic) bond motifs is 1. The maximum absolute atomic E-state index is 13.6. The van der Waals surface area contributed by atoms with Crippen LogP contribution in [0.3, 0.4) is 0 Å². The normalized spacial score (nSPS) is 22.6. The van der Waals surface area contributed by atoms with Gasteiger partial charge in [-0.05, 0) is 63.5 Å². The molecule has 1 aromatic heterocycles. The van der Waals surface area contributed by atoms with Crippen molar-refractivity contribution >= 4 is 26.7 Å². The van der Waals surface area contributed by atoms with Crippen LogP contribution in [0.25, 0.3) is 10.9 Å². The highest BCUT2D eigenvalue weighted by Gasteiger charge is 2.40. The maximum Gasteiger partial charge on any atom is 0.268 e. The molecule has 3 atom stereocenters. The summed E-state index contributed by atoms with van der Waals surface area (Å²) in [4.78, 5) is 14.9. The van der Waals surface area contributed by atoms with Gasteiger partial charge in [0, 0.05) is 23.5 Å². The lowest BCUT2D eigenvalue weighted by atomic mass is 9.74. The summed E-state index contributed by atoms with van der Waals surface area (Å²) in [7, 11) is -1.67. The van der Waals surface area contributed by atoms with Gasteiger partial charge < -0.3 is 0 Å². The number of Topliss-reactive ketones (excluding diaryl/α,β-unsaturated/α-hetero) is 1. The first-order valence-electron chi connectivity index (χ1n) is 10.9. The number of nitrogens with zero attached hydrogens (tertiary/aromatic N) is 2. The molecule has 1 saturated heterocycles. The Balaban J connectivity index is 1.91. The van der Waals surface area contributed by atoms with E-state index in [9.17, 15) is 13.2 Å². The number of carbonyl (C=O) groups is 1. The second-order valence-electron chi connectivity index (χ2n) is 8.72. The molecule has 3 aromatic rings. The molecule has 6 heteroatoms. The van der Waals surface area contributed by atoms with E-state index in [1.54, 1.807) is 25.3 Å². The predicted octanol–water partition coefficient (Wildman–Crippen LogP) is 4.79. The third-order valence-corrected chi connectivity index (χ3v) is 8.48. The summed E-state index contributed by atoms with van der Waals surface area (Å²) in [5.74, 6) is 0.376. The summed E-state index contributed by atoms with van der Waals surface area (Å²) < 4.78 is 28.5. The Labute approximate surface area is 184 Å². The Morgan fingerprint density at radius 1 is 1.10 bits per heavy atom. The standard InChI is InChI=1S/C25H30N2O3S/c1-5-20-21(18(3)28)14-15-26(4)25(20)23-16-27(24-9-7-6-8-22(23)24)31(29,30)19-12-10-17(2)11-13-19/h6-13,16,20-21,25H,5,14-15H2,1-4H3/t20-,21-,25-/m0/s1. The zero-order valence-corrected chi connectivity index (χ0v) is 19.4. The molecule has 0 bridgehead atoms. The zero-order valence-electron chi connectivity index (χ0n) is 18.6. The van der Waals surface area contributed by atoms with Crippen molar-refractivity contribution in [3.8, 4) is 0 Å². The van der Waals surface area contributed by atoms with E-state index in [4.69, 9.17) is 0 Å². The van der Waals surface area contributed by atoms with Crippen LogP contribution >= 0.6 is 0 Å². The molecule has 1 aliphatic heterocycles. The summed E-state index contributed by atoms with van der Waals surface area (Å²) in [5, 5.41) is 0.928. The van der Waals surface area contributed by atoms with Gasteiger partial charge in [-0.3, -0.25) is 9.69 Å². The summed E-state index contributed by atoms with van der Waals surface area (Å²) in [5.41, 5.74) is 2.67. The van der Waals surface area contributed by atoms with Crippen LogP contribution in [-0.2, 0) is 14.8 Å². The van der Waals surface area contributed by atoms with Crippen LogP contribution in [0.5, 0.6) is 0 Å². The second kappa shape index (κ2) is 8.24. The maximum atomic E-state index is 13.6. The lowest BCUT2D eigenvalue weighted by Gasteiger charge is -2.43. The minimum Gasteiger partial charge on any atom is -0.300 e. The molecule has 2 aromatic carbocycles. The van der Waals surface area contributed by atoms with Crippen LogP contribution in [-0.4, -0.2) is 36.7 Å². The minimum absolute atomic E-state index is 0.00187. The molecule has 0 unspecified atom stereocenters. The Hall–Kier alpha value is -2.44. The Kier molecular flexibility index (Phi) is 5.79. The fourth-order valence-corrected chi connectivity index (χ4v) is 6.53. The number of rotatable bonds is 5. The first kappa shape index (κ1) is 21.8. The zero-order chi connectivity index (χ0) is 22.3. The molecule has 164 valence electrons. The predicted molar refractivity (Wildman–Crippen MR) is 124 cm³/mol. The largest absolute Gasteiger partial charge is 0.300 e. The summed E-state index contributed by atoms with van der Waals surface area (Å²) in [6.45, 7) is 6.56. The molecule has 31 heavy (non-hydrogen) atoms. The number of para-hydroxylation sites is 1. The first-order valence-corrected chi connectivity index (χ1v) is 12.3. The molecule has 0 radical (unpaired) electrons. The van der Waals surface area contributed by atoms with Crippen molar-refractivity contribution in [1.82, 2.24) is 8.87 Å². The molecule has 0 N–H and O–H groups in total. The average molecular weight is 439 g/mol. The number of hydrogen-bond donors (Lipinski definition) is 0. The highest BCUT2D eigenvalue weighted by Crippen LogP contribution is 2.44. The van der Waals surface area contributed by atoms with Gasteiger partial charge in [-0.25, -0.2) is 12.4 Å². The fourth-order valence-electron chi connectivity index (χ4n) is 5.16. The number of likely N-dealkylation sites (tertiary alicyclic amines) is 1. The van der Waals surface area contributed by atoms with Gasteiger partial charge in [-0.1, -0.05) is 49.2 Å². The second-order valence-corrected chi connectivity index (χ2v) is 10.5. The van der Waals surface area contributed by atoms with Crippen molar-refractivity contribution in [1.29, 1.82) is 0 Å². The molecule has 1 fully saturated rings. The van der Waals surface area contributed by atoms with E-state index in [2.05, 4.69) is 18.9 Å². The Bertz CT molecular complexity index is 1210.